The van der Waals surface area contributed by atoms with Gasteiger partial charge in [-0.25, -0.2) is 9.67 Å². The van der Waals surface area contributed by atoms with Crippen molar-refractivity contribution in [3.63, 3.8) is 0 Å². The number of esters is 1. The van der Waals surface area contributed by atoms with Gasteiger partial charge in [0.15, 0.2) is 0 Å². The summed E-state index contributed by atoms with van der Waals surface area (Å²) in [5, 5.41) is 7.11. The molecule has 0 radical (unpaired) electrons. The molecule has 2 heterocycles. The Balaban J connectivity index is 1.98. The number of rotatable bonds is 2. The molecule has 6 nitrogen and oxygen atoms in total. The minimum Gasteiger partial charge on any atom is -0.468 e. The van der Waals surface area contributed by atoms with Gasteiger partial charge in [0.1, 0.15) is 18.7 Å². The van der Waals surface area contributed by atoms with E-state index in [9.17, 15) is 4.79 Å². The van der Waals surface area contributed by atoms with E-state index in [1.54, 1.807) is 11.0 Å². The lowest BCUT2D eigenvalue weighted by Crippen LogP contribution is -2.31. The van der Waals surface area contributed by atoms with E-state index >= 15 is 0 Å². The summed E-state index contributed by atoms with van der Waals surface area (Å²) in [6.45, 7) is 0.725. The standard InChI is InChI=1S/C8H12N4O2/c1-14-8(13)7-2-6(3-10-7)12-5-9-4-11-12/h4-7,10H,2-3H2,1H3. The number of aromatic nitrogens is 3. The van der Waals surface area contributed by atoms with Gasteiger partial charge in [0.25, 0.3) is 0 Å². The monoisotopic (exact) mass is 196 g/mol. The first kappa shape index (κ1) is 9.14. The Kier molecular flexibility index (Phi) is 2.45. The first-order valence-corrected chi connectivity index (χ1v) is 4.46. The predicted molar refractivity (Wildman–Crippen MR) is 47.5 cm³/mol. The molecule has 1 aromatic rings. The summed E-state index contributed by atoms with van der Waals surface area (Å²) in [5.41, 5.74) is 0. The second-order valence-electron chi connectivity index (χ2n) is 3.25. The molecule has 2 atom stereocenters. The third-order valence-electron chi connectivity index (χ3n) is 2.40. The Hall–Kier alpha value is -1.43. The Morgan fingerprint density at radius 3 is 3.21 bits per heavy atom. The van der Waals surface area contributed by atoms with Crippen LogP contribution in [0.3, 0.4) is 0 Å². The smallest absolute Gasteiger partial charge is 0.322 e. The van der Waals surface area contributed by atoms with E-state index < -0.39 is 0 Å². The lowest BCUT2D eigenvalue weighted by molar-refractivity contribution is -0.142. The van der Waals surface area contributed by atoms with E-state index in [0.29, 0.717) is 6.42 Å². The minimum atomic E-state index is -0.215. The fraction of sp³-hybridized carbons (Fsp3) is 0.625. The maximum atomic E-state index is 11.2. The Morgan fingerprint density at radius 1 is 1.71 bits per heavy atom. The van der Waals surface area contributed by atoms with Crippen LogP contribution in [0, 0.1) is 0 Å². The summed E-state index contributed by atoms with van der Waals surface area (Å²) < 4.78 is 6.41. The fourth-order valence-corrected chi connectivity index (χ4v) is 1.65. The minimum absolute atomic E-state index is 0.196. The van der Waals surface area contributed by atoms with Crippen molar-refractivity contribution >= 4 is 5.97 Å². The molecule has 1 N–H and O–H groups in total. The van der Waals surface area contributed by atoms with Crippen LogP contribution in [0.25, 0.3) is 0 Å². The van der Waals surface area contributed by atoms with Crippen molar-refractivity contribution in [1.29, 1.82) is 0 Å². The molecule has 0 aliphatic carbocycles. The molecule has 14 heavy (non-hydrogen) atoms. The first-order valence-electron chi connectivity index (χ1n) is 4.46. The third-order valence-corrected chi connectivity index (χ3v) is 2.40. The van der Waals surface area contributed by atoms with Crippen LogP contribution in [0.4, 0.5) is 0 Å². The van der Waals surface area contributed by atoms with Crippen molar-refractivity contribution in [2.45, 2.75) is 18.5 Å². The average Bonchev–Trinajstić information content (AvgIpc) is 2.86. The number of carbonyl (C=O) groups excluding carboxylic acids is 1. The fourth-order valence-electron chi connectivity index (χ4n) is 1.65. The van der Waals surface area contributed by atoms with Crippen LogP contribution in [0.2, 0.25) is 0 Å². The van der Waals surface area contributed by atoms with Gasteiger partial charge in [0.2, 0.25) is 0 Å². The number of ether oxygens (including phenoxy) is 1. The molecule has 1 aliphatic rings. The van der Waals surface area contributed by atoms with Crippen molar-refractivity contribution in [2.24, 2.45) is 0 Å². The van der Waals surface area contributed by atoms with Gasteiger partial charge >= 0.3 is 5.97 Å². The van der Waals surface area contributed by atoms with Crippen molar-refractivity contribution in [1.82, 2.24) is 20.1 Å². The Bertz CT molecular complexity index is 311. The number of methoxy groups -OCH3 is 1. The number of nitrogens with zero attached hydrogens (tertiary/aromatic N) is 3. The molecule has 2 unspecified atom stereocenters. The molecule has 0 saturated carbocycles. The molecule has 2 rings (SSSR count). The van der Waals surface area contributed by atoms with Crippen molar-refractivity contribution < 1.29 is 9.53 Å². The summed E-state index contributed by atoms with van der Waals surface area (Å²) in [4.78, 5) is 15.1. The maximum absolute atomic E-state index is 11.2. The van der Waals surface area contributed by atoms with Gasteiger partial charge in [0.05, 0.1) is 13.2 Å². The molecular weight excluding hydrogens is 184 g/mol. The molecule has 1 saturated heterocycles. The second kappa shape index (κ2) is 3.75. The van der Waals surface area contributed by atoms with Crippen LogP contribution < -0.4 is 5.32 Å². The van der Waals surface area contributed by atoms with Crippen LogP contribution in [-0.4, -0.2) is 40.4 Å². The van der Waals surface area contributed by atoms with Gasteiger partial charge in [-0.05, 0) is 6.42 Å². The summed E-state index contributed by atoms with van der Waals surface area (Å²) in [5.74, 6) is -0.215. The number of hydrogen-bond acceptors (Lipinski definition) is 5. The van der Waals surface area contributed by atoms with Crippen molar-refractivity contribution in [2.75, 3.05) is 13.7 Å². The van der Waals surface area contributed by atoms with Crippen LogP contribution in [0.1, 0.15) is 12.5 Å². The van der Waals surface area contributed by atoms with Crippen molar-refractivity contribution in [3.8, 4) is 0 Å². The van der Waals surface area contributed by atoms with Crippen LogP contribution in [0.5, 0.6) is 0 Å². The molecule has 0 amide bonds. The lowest BCUT2D eigenvalue weighted by atomic mass is 10.2. The summed E-state index contributed by atoms with van der Waals surface area (Å²) in [6.07, 6.45) is 3.85. The van der Waals surface area contributed by atoms with Gasteiger partial charge in [0, 0.05) is 6.54 Å². The zero-order valence-corrected chi connectivity index (χ0v) is 7.88. The predicted octanol–water partition coefficient (Wildman–Crippen LogP) is -0.646. The molecular formula is C8H12N4O2. The summed E-state index contributed by atoms with van der Waals surface area (Å²) in [7, 11) is 1.40. The molecule has 1 aliphatic heterocycles. The highest BCUT2D eigenvalue weighted by Gasteiger charge is 2.31. The van der Waals surface area contributed by atoms with Gasteiger partial charge in [-0.15, -0.1) is 0 Å². The number of hydrogen-bond donors (Lipinski definition) is 1. The van der Waals surface area contributed by atoms with E-state index in [-0.39, 0.29) is 18.1 Å². The van der Waals surface area contributed by atoms with E-state index in [0.717, 1.165) is 6.54 Å². The number of nitrogens with one attached hydrogen (secondary N) is 1. The molecule has 0 spiro atoms. The third kappa shape index (κ3) is 1.60. The molecule has 76 valence electrons. The van der Waals surface area contributed by atoms with E-state index in [1.165, 1.54) is 13.4 Å². The van der Waals surface area contributed by atoms with E-state index in [2.05, 4.69) is 20.1 Å². The highest BCUT2D eigenvalue weighted by atomic mass is 16.5. The highest BCUT2D eigenvalue weighted by molar-refractivity contribution is 5.76. The Labute approximate surface area is 81.3 Å². The molecule has 1 fully saturated rings. The second-order valence-corrected chi connectivity index (χ2v) is 3.25. The molecule has 0 bridgehead atoms. The van der Waals surface area contributed by atoms with Crippen LogP contribution in [0.15, 0.2) is 12.7 Å². The quantitative estimate of drug-likeness (QED) is 0.637. The van der Waals surface area contributed by atoms with E-state index in [1.807, 2.05) is 0 Å². The maximum Gasteiger partial charge on any atom is 0.322 e. The largest absolute Gasteiger partial charge is 0.468 e. The van der Waals surface area contributed by atoms with Crippen molar-refractivity contribution in [3.05, 3.63) is 12.7 Å². The summed E-state index contributed by atoms with van der Waals surface area (Å²) >= 11 is 0. The van der Waals surface area contributed by atoms with Crippen LogP contribution in [-0.2, 0) is 9.53 Å². The van der Waals surface area contributed by atoms with Gasteiger partial charge in [-0.1, -0.05) is 0 Å². The normalized spacial score (nSPS) is 26.4. The van der Waals surface area contributed by atoms with Gasteiger partial charge in [-0.2, -0.15) is 5.10 Å². The first-order chi connectivity index (χ1) is 6.81. The molecule has 6 heteroatoms. The highest BCUT2D eigenvalue weighted by Crippen LogP contribution is 2.18. The van der Waals surface area contributed by atoms with Gasteiger partial charge < -0.3 is 10.1 Å². The topological polar surface area (TPSA) is 69.0 Å². The zero-order chi connectivity index (χ0) is 9.97. The summed E-state index contributed by atoms with van der Waals surface area (Å²) in [6, 6.07) is -0.0178. The average molecular weight is 196 g/mol. The molecule has 0 aromatic carbocycles. The van der Waals surface area contributed by atoms with Crippen LogP contribution >= 0.6 is 0 Å². The Morgan fingerprint density at radius 2 is 2.57 bits per heavy atom. The van der Waals surface area contributed by atoms with E-state index in [4.69, 9.17) is 0 Å². The van der Waals surface area contributed by atoms with Gasteiger partial charge in [-0.3, -0.25) is 4.79 Å². The zero-order valence-electron chi connectivity index (χ0n) is 7.88. The SMILES string of the molecule is COC(=O)C1CC(n2cncn2)CN1. The number of carbonyl (C=O) groups is 1. The lowest BCUT2D eigenvalue weighted by Gasteiger charge is -2.08. The molecule has 1 aromatic heterocycles.